The van der Waals surface area contributed by atoms with Gasteiger partial charge in [0.05, 0.1) is 12.7 Å². The van der Waals surface area contributed by atoms with Gasteiger partial charge >= 0.3 is 12.1 Å². The number of hydrogen-bond acceptors (Lipinski definition) is 5. The van der Waals surface area contributed by atoms with Gasteiger partial charge in [-0.2, -0.15) is 13.2 Å². The molecule has 0 atom stereocenters. The molecule has 0 aliphatic carbocycles. The predicted molar refractivity (Wildman–Crippen MR) is 99.6 cm³/mol. The molecule has 2 rings (SSSR count). The summed E-state index contributed by atoms with van der Waals surface area (Å²) in [6.07, 6.45) is -4.51. The first-order valence-electron chi connectivity index (χ1n) is 8.69. The Bertz CT molecular complexity index is 898. The highest BCUT2D eigenvalue weighted by molar-refractivity contribution is 5.96. The number of methoxy groups -OCH3 is 1. The number of benzene rings is 2. The first kappa shape index (κ1) is 22.7. The number of nitrogens with one attached hydrogen (secondary N) is 2. The van der Waals surface area contributed by atoms with Crippen molar-refractivity contribution in [3.05, 3.63) is 65.2 Å². The van der Waals surface area contributed by atoms with Crippen LogP contribution in [-0.2, 0) is 27.0 Å². The number of rotatable bonds is 8. The van der Waals surface area contributed by atoms with E-state index in [9.17, 15) is 27.6 Å². The van der Waals surface area contributed by atoms with Gasteiger partial charge in [0, 0.05) is 12.1 Å². The summed E-state index contributed by atoms with van der Waals surface area (Å²) < 4.78 is 47.4. The average molecular weight is 424 g/mol. The third-order valence-corrected chi connectivity index (χ3v) is 3.86. The molecule has 0 unspecified atom stereocenters. The summed E-state index contributed by atoms with van der Waals surface area (Å²) in [6, 6.07) is 10.6. The summed E-state index contributed by atoms with van der Waals surface area (Å²) in [4.78, 5) is 35.3. The van der Waals surface area contributed by atoms with Crippen molar-refractivity contribution in [2.24, 2.45) is 0 Å². The van der Waals surface area contributed by atoms with Crippen LogP contribution in [0, 0.1) is 0 Å². The molecule has 30 heavy (non-hydrogen) atoms. The summed E-state index contributed by atoms with van der Waals surface area (Å²) >= 11 is 0. The minimum absolute atomic E-state index is 0.0492. The molecule has 0 aliphatic heterocycles. The van der Waals surface area contributed by atoms with Gasteiger partial charge in [0.2, 0.25) is 0 Å². The molecule has 0 aromatic heterocycles. The quantitative estimate of drug-likeness (QED) is 0.635. The zero-order chi connectivity index (χ0) is 22.1. The van der Waals surface area contributed by atoms with Crippen LogP contribution in [0.1, 0.15) is 21.5 Å². The highest BCUT2D eigenvalue weighted by Gasteiger charge is 2.30. The summed E-state index contributed by atoms with van der Waals surface area (Å²) in [5.74, 6) is -1.52. The number of carbonyl (C=O) groups is 3. The Morgan fingerprint density at radius 1 is 1.00 bits per heavy atom. The minimum Gasteiger partial charge on any atom is -0.497 e. The second-order valence-electron chi connectivity index (χ2n) is 6.05. The van der Waals surface area contributed by atoms with E-state index in [0.29, 0.717) is 5.75 Å². The number of carbonyl (C=O) groups excluding carboxylic acids is 3. The van der Waals surface area contributed by atoms with Crippen LogP contribution in [0.2, 0.25) is 0 Å². The number of hydrogen-bond donors (Lipinski definition) is 2. The van der Waals surface area contributed by atoms with Gasteiger partial charge in [-0.05, 0) is 42.0 Å². The molecule has 2 aromatic carbocycles. The zero-order valence-corrected chi connectivity index (χ0v) is 15.9. The van der Waals surface area contributed by atoms with Crippen LogP contribution in [0.3, 0.4) is 0 Å². The molecule has 0 fully saturated rings. The molecule has 160 valence electrons. The molecule has 7 nitrogen and oxygen atoms in total. The molecule has 0 bridgehead atoms. The summed E-state index contributed by atoms with van der Waals surface area (Å²) in [6.45, 7) is -0.875. The normalized spacial score (nSPS) is 10.8. The van der Waals surface area contributed by atoms with E-state index in [1.807, 2.05) is 0 Å². The fourth-order valence-corrected chi connectivity index (χ4v) is 2.30. The summed E-state index contributed by atoms with van der Waals surface area (Å²) in [5, 5.41) is 4.77. The standard InChI is InChI=1S/C20H19F3N2O5/c1-29-16-4-2-3-13(9-16)10-24-17(26)12-30-18(27)11-25-19(28)14-5-7-15(8-6-14)20(21,22)23/h2-9H,10-12H2,1H3,(H,24,26)(H,25,28). The smallest absolute Gasteiger partial charge is 0.416 e. The maximum atomic E-state index is 12.5. The van der Waals surface area contributed by atoms with E-state index in [1.54, 1.807) is 24.3 Å². The molecule has 10 heteroatoms. The number of amides is 2. The average Bonchev–Trinajstić information content (AvgIpc) is 2.74. The Balaban J connectivity index is 1.71. The molecule has 0 saturated heterocycles. The third-order valence-electron chi connectivity index (χ3n) is 3.86. The second-order valence-corrected chi connectivity index (χ2v) is 6.05. The van der Waals surface area contributed by atoms with E-state index in [2.05, 4.69) is 10.6 Å². The maximum Gasteiger partial charge on any atom is 0.416 e. The Hall–Kier alpha value is -3.56. The van der Waals surface area contributed by atoms with Gasteiger partial charge in [-0.1, -0.05) is 12.1 Å². The SMILES string of the molecule is COc1cccc(CNC(=O)COC(=O)CNC(=O)c2ccc(C(F)(F)F)cc2)c1. The maximum absolute atomic E-state index is 12.5. The number of ether oxygens (including phenoxy) is 2. The molecule has 0 radical (unpaired) electrons. The van der Waals surface area contributed by atoms with E-state index in [4.69, 9.17) is 9.47 Å². The zero-order valence-electron chi connectivity index (χ0n) is 15.9. The van der Waals surface area contributed by atoms with Gasteiger partial charge in [0.25, 0.3) is 11.8 Å². The first-order chi connectivity index (χ1) is 14.2. The van der Waals surface area contributed by atoms with Crippen molar-refractivity contribution in [3.63, 3.8) is 0 Å². The third kappa shape index (κ3) is 7.12. The second kappa shape index (κ2) is 10.3. The van der Waals surface area contributed by atoms with E-state index in [-0.39, 0.29) is 12.1 Å². The van der Waals surface area contributed by atoms with Gasteiger partial charge in [0.1, 0.15) is 12.3 Å². The van der Waals surface area contributed by atoms with Gasteiger partial charge in [0.15, 0.2) is 6.61 Å². The topological polar surface area (TPSA) is 93.7 Å². The van der Waals surface area contributed by atoms with Crippen LogP contribution < -0.4 is 15.4 Å². The molecule has 0 aliphatic rings. The minimum atomic E-state index is -4.51. The molecule has 0 saturated carbocycles. The van der Waals surface area contributed by atoms with Crippen LogP contribution in [0.25, 0.3) is 0 Å². The Morgan fingerprint density at radius 2 is 1.70 bits per heavy atom. The van der Waals surface area contributed by atoms with Crippen LogP contribution >= 0.6 is 0 Å². The van der Waals surface area contributed by atoms with E-state index < -0.39 is 42.7 Å². The fraction of sp³-hybridized carbons (Fsp3) is 0.250. The molecular formula is C20H19F3N2O5. The number of esters is 1. The van der Waals surface area contributed by atoms with Gasteiger partial charge in [-0.15, -0.1) is 0 Å². The lowest BCUT2D eigenvalue weighted by atomic mass is 10.1. The lowest BCUT2D eigenvalue weighted by Gasteiger charge is -2.09. The van der Waals surface area contributed by atoms with E-state index in [0.717, 1.165) is 29.8 Å². The Kier molecular flexibility index (Phi) is 7.79. The summed E-state index contributed by atoms with van der Waals surface area (Å²) in [5.41, 5.74) is -0.150. The van der Waals surface area contributed by atoms with Crippen LogP contribution in [0.4, 0.5) is 13.2 Å². The van der Waals surface area contributed by atoms with E-state index in [1.165, 1.54) is 7.11 Å². The van der Waals surface area contributed by atoms with Gasteiger partial charge < -0.3 is 20.1 Å². The summed E-state index contributed by atoms with van der Waals surface area (Å²) in [7, 11) is 1.52. The van der Waals surface area contributed by atoms with Crippen LogP contribution in [0.5, 0.6) is 5.75 Å². The van der Waals surface area contributed by atoms with E-state index >= 15 is 0 Å². The molecular weight excluding hydrogens is 405 g/mol. The van der Waals surface area contributed by atoms with Crippen molar-refractivity contribution in [2.75, 3.05) is 20.3 Å². The fourth-order valence-electron chi connectivity index (χ4n) is 2.30. The van der Waals surface area contributed by atoms with Crippen molar-refractivity contribution in [2.45, 2.75) is 12.7 Å². The molecule has 0 spiro atoms. The van der Waals surface area contributed by atoms with Crippen molar-refractivity contribution in [3.8, 4) is 5.75 Å². The highest BCUT2D eigenvalue weighted by atomic mass is 19.4. The molecule has 2 aromatic rings. The Labute approximate surface area is 170 Å². The van der Waals surface area contributed by atoms with Crippen LogP contribution in [0.15, 0.2) is 48.5 Å². The molecule has 2 amide bonds. The monoisotopic (exact) mass is 424 g/mol. The molecule has 2 N–H and O–H groups in total. The Morgan fingerprint density at radius 3 is 2.33 bits per heavy atom. The molecule has 0 heterocycles. The van der Waals surface area contributed by atoms with Crippen molar-refractivity contribution in [1.29, 1.82) is 0 Å². The van der Waals surface area contributed by atoms with Crippen molar-refractivity contribution in [1.82, 2.24) is 10.6 Å². The predicted octanol–water partition coefficient (Wildman–Crippen LogP) is 2.30. The van der Waals surface area contributed by atoms with Crippen molar-refractivity contribution >= 4 is 17.8 Å². The largest absolute Gasteiger partial charge is 0.497 e. The first-order valence-corrected chi connectivity index (χ1v) is 8.69. The van der Waals surface area contributed by atoms with Crippen LogP contribution in [-0.4, -0.2) is 38.0 Å². The number of halogens is 3. The van der Waals surface area contributed by atoms with Gasteiger partial charge in [-0.25, -0.2) is 0 Å². The number of alkyl halides is 3. The van der Waals surface area contributed by atoms with Gasteiger partial charge in [-0.3, -0.25) is 14.4 Å². The lowest BCUT2D eigenvalue weighted by Crippen LogP contribution is -2.33. The lowest BCUT2D eigenvalue weighted by molar-refractivity contribution is -0.147. The van der Waals surface area contributed by atoms with Crippen molar-refractivity contribution < 1.29 is 37.0 Å². The highest BCUT2D eigenvalue weighted by Crippen LogP contribution is 2.29.